The van der Waals surface area contributed by atoms with Crippen LogP contribution in [0.3, 0.4) is 0 Å². The molecule has 1 heteroatoms. The summed E-state index contributed by atoms with van der Waals surface area (Å²) in [7, 11) is 1.82. The fourth-order valence-corrected chi connectivity index (χ4v) is 1.55. The lowest BCUT2D eigenvalue weighted by Crippen LogP contribution is -2.36. The zero-order valence-corrected chi connectivity index (χ0v) is 6.55. The van der Waals surface area contributed by atoms with Gasteiger partial charge in [0.2, 0.25) is 0 Å². The molecule has 1 fully saturated rings. The number of methoxy groups -OCH3 is 1. The summed E-state index contributed by atoms with van der Waals surface area (Å²) in [6, 6.07) is 0. The molecular weight excluding hydrogens is 112 g/mol. The van der Waals surface area contributed by atoms with E-state index in [-0.39, 0.29) is 0 Å². The van der Waals surface area contributed by atoms with Gasteiger partial charge in [0.1, 0.15) is 0 Å². The fourth-order valence-electron chi connectivity index (χ4n) is 1.55. The Morgan fingerprint density at radius 2 is 2.00 bits per heavy atom. The first-order chi connectivity index (χ1) is 4.25. The molecule has 1 aliphatic carbocycles. The van der Waals surface area contributed by atoms with Crippen LogP contribution in [0.25, 0.3) is 0 Å². The summed E-state index contributed by atoms with van der Waals surface area (Å²) in [6.45, 7) is 4.55. The van der Waals surface area contributed by atoms with Crippen molar-refractivity contribution in [1.29, 1.82) is 0 Å². The minimum absolute atomic E-state index is 0.574. The van der Waals surface area contributed by atoms with E-state index in [1.165, 1.54) is 12.8 Å². The molecule has 0 aliphatic heterocycles. The first-order valence-electron chi connectivity index (χ1n) is 3.78. The van der Waals surface area contributed by atoms with Gasteiger partial charge in [0.15, 0.2) is 0 Å². The second-order valence-corrected chi connectivity index (χ2v) is 3.26. The molecule has 0 heterocycles. The number of ether oxygens (including phenoxy) is 1. The highest BCUT2D eigenvalue weighted by atomic mass is 16.5. The van der Waals surface area contributed by atoms with E-state index in [4.69, 9.17) is 4.74 Å². The summed E-state index contributed by atoms with van der Waals surface area (Å²) < 4.78 is 5.26. The van der Waals surface area contributed by atoms with Crippen molar-refractivity contribution >= 4 is 0 Å². The van der Waals surface area contributed by atoms with Crippen LogP contribution in [-0.4, -0.2) is 13.2 Å². The molecule has 0 saturated heterocycles. The Labute approximate surface area is 57.4 Å². The normalized spacial score (nSPS) is 34.7. The van der Waals surface area contributed by atoms with E-state index in [0.29, 0.717) is 6.10 Å². The molecule has 0 amide bonds. The highest BCUT2D eigenvalue weighted by molar-refractivity contribution is 4.83. The zero-order valence-electron chi connectivity index (χ0n) is 6.55. The average Bonchev–Trinajstić information content (AvgIpc) is 1.61. The first-order valence-corrected chi connectivity index (χ1v) is 3.78. The van der Waals surface area contributed by atoms with Crippen molar-refractivity contribution in [3.8, 4) is 0 Å². The molecule has 0 aromatic carbocycles. The van der Waals surface area contributed by atoms with Gasteiger partial charge in [-0.15, -0.1) is 0 Å². The van der Waals surface area contributed by atoms with E-state index in [1.807, 2.05) is 7.11 Å². The average molecular weight is 128 g/mol. The van der Waals surface area contributed by atoms with E-state index in [0.717, 1.165) is 11.8 Å². The van der Waals surface area contributed by atoms with Crippen molar-refractivity contribution in [3.05, 3.63) is 0 Å². The molecule has 0 aromatic heterocycles. The molecule has 0 radical (unpaired) electrons. The van der Waals surface area contributed by atoms with E-state index in [2.05, 4.69) is 13.8 Å². The van der Waals surface area contributed by atoms with Gasteiger partial charge in [-0.05, 0) is 24.7 Å². The third kappa shape index (κ3) is 1.26. The monoisotopic (exact) mass is 128 g/mol. The quantitative estimate of drug-likeness (QED) is 0.553. The molecule has 1 saturated carbocycles. The van der Waals surface area contributed by atoms with Crippen LogP contribution in [0.4, 0.5) is 0 Å². The predicted octanol–water partition coefficient (Wildman–Crippen LogP) is 2.07. The van der Waals surface area contributed by atoms with Gasteiger partial charge < -0.3 is 4.74 Å². The van der Waals surface area contributed by atoms with E-state index >= 15 is 0 Å². The highest BCUT2D eigenvalue weighted by Gasteiger charge is 2.32. The maximum absolute atomic E-state index is 5.26. The second-order valence-electron chi connectivity index (χ2n) is 3.26. The SMILES string of the molecule is CO[C@H]1CC[C@@H]1C(C)C. The van der Waals surface area contributed by atoms with Crippen LogP contribution in [0.1, 0.15) is 26.7 Å². The third-order valence-electron chi connectivity index (χ3n) is 2.42. The summed E-state index contributed by atoms with van der Waals surface area (Å²) in [5, 5.41) is 0. The Bertz CT molecular complexity index is 86.6. The van der Waals surface area contributed by atoms with Crippen LogP contribution < -0.4 is 0 Å². The van der Waals surface area contributed by atoms with Gasteiger partial charge in [0.05, 0.1) is 6.10 Å². The van der Waals surface area contributed by atoms with Gasteiger partial charge >= 0.3 is 0 Å². The predicted molar refractivity (Wildman–Crippen MR) is 38.4 cm³/mol. The topological polar surface area (TPSA) is 9.23 Å². The van der Waals surface area contributed by atoms with Crippen molar-refractivity contribution in [2.24, 2.45) is 11.8 Å². The molecule has 2 atom stereocenters. The van der Waals surface area contributed by atoms with Gasteiger partial charge in [-0.2, -0.15) is 0 Å². The molecule has 1 rings (SSSR count). The molecule has 0 spiro atoms. The van der Waals surface area contributed by atoms with Crippen molar-refractivity contribution in [3.63, 3.8) is 0 Å². The summed E-state index contributed by atoms with van der Waals surface area (Å²) in [5.74, 6) is 1.65. The minimum Gasteiger partial charge on any atom is -0.381 e. The van der Waals surface area contributed by atoms with E-state index < -0.39 is 0 Å². The molecule has 54 valence electrons. The Morgan fingerprint density at radius 1 is 1.33 bits per heavy atom. The van der Waals surface area contributed by atoms with Crippen LogP contribution in [0.5, 0.6) is 0 Å². The van der Waals surface area contributed by atoms with Gasteiger partial charge in [-0.3, -0.25) is 0 Å². The fraction of sp³-hybridized carbons (Fsp3) is 1.00. The smallest absolute Gasteiger partial charge is 0.0602 e. The number of hydrogen-bond acceptors (Lipinski definition) is 1. The van der Waals surface area contributed by atoms with Crippen molar-refractivity contribution < 1.29 is 4.74 Å². The highest BCUT2D eigenvalue weighted by Crippen LogP contribution is 2.35. The largest absolute Gasteiger partial charge is 0.381 e. The Hall–Kier alpha value is -0.0400. The molecule has 9 heavy (non-hydrogen) atoms. The van der Waals surface area contributed by atoms with Crippen molar-refractivity contribution in [2.45, 2.75) is 32.8 Å². The van der Waals surface area contributed by atoms with E-state index in [1.54, 1.807) is 0 Å². The Balaban J connectivity index is 2.27. The Kier molecular flexibility index (Phi) is 2.12. The van der Waals surface area contributed by atoms with Crippen LogP contribution in [-0.2, 0) is 4.74 Å². The summed E-state index contributed by atoms with van der Waals surface area (Å²) in [5.41, 5.74) is 0. The van der Waals surface area contributed by atoms with Crippen LogP contribution in [0, 0.1) is 11.8 Å². The number of hydrogen-bond donors (Lipinski definition) is 0. The molecule has 0 aromatic rings. The molecule has 0 unspecified atom stereocenters. The van der Waals surface area contributed by atoms with Gasteiger partial charge in [-0.1, -0.05) is 13.8 Å². The number of rotatable bonds is 2. The second kappa shape index (κ2) is 2.70. The lowest BCUT2D eigenvalue weighted by Gasteiger charge is -2.38. The standard InChI is InChI=1S/C8H16O/c1-6(2)7-4-5-8(7)9-3/h6-8H,4-5H2,1-3H3/t7-,8+/m1/s1. The van der Waals surface area contributed by atoms with Gasteiger partial charge in [0, 0.05) is 7.11 Å². The minimum atomic E-state index is 0.574. The molecule has 1 nitrogen and oxygen atoms in total. The summed E-state index contributed by atoms with van der Waals surface area (Å²) in [6.07, 6.45) is 3.22. The Morgan fingerprint density at radius 3 is 2.11 bits per heavy atom. The zero-order chi connectivity index (χ0) is 6.85. The van der Waals surface area contributed by atoms with Gasteiger partial charge in [0.25, 0.3) is 0 Å². The maximum Gasteiger partial charge on any atom is 0.0602 e. The lowest BCUT2D eigenvalue weighted by atomic mass is 9.75. The van der Waals surface area contributed by atoms with Crippen molar-refractivity contribution in [2.75, 3.05) is 7.11 Å². The van der Waals surface area contributed by atoms with E-state index in [9.17, 15) is 0 Å². The summed E-state index contributed by atoms with van der Waals surface area (Å²) >= 11 is 0. The molecule has 0 bridgehead atoms. The maximum atomic E-state index is 5.26. The van der Waals surface area contributed by atoms with Crippen LogP contribution >= 0.6 is 0 Å². The van der Waals surface area contributed by atoms with Gasteiger partial charge in [-0.25, -0.2) is 0 Å². The van der Waals surface area contributed by atoms with Crippen LogP contribution in [0.2, 0.25) is 0 Å². The van der Waals surface area contributed by atoms with Crippen molar-refractivity contribution in [1.82, 2.24) is 0 Å². The lowest BCUT2D eigenvalue weighted by molar-refractivity contribution is -0.0361. The summed E-state index contributed by atoms with van der Waals surface area (Å²) in [4.78, 5) is 0. The molecular formula is C8H16O. The van der Waals surface area contributed by atoms with Crippen LogP contribution in [0.15, 0.2) is 0 Å². The third-order valence-corrected chi connectivity index (χ3v) is 2.42. The molecule has 1 aliphatic rings. The first kappa shape index (κ1) is 7.07. The molecule has 0 N–H and O–H groups in total.